The molecule has 12 heteroatoms. The average Bonchev–Trinajstić information content (AvgIpc) is 3.99. The summed E-state index contributed by atoms with van der Waals surface area (Å²) in [6.45, 7) is 3.99. The zero-order chi connectivity index (χ0) is 36.5. The summed E-state index contributed by atoms with van der Waals surface area (Å²) in [4.78, 5) is 41.3. The second-order valence-electron chi connectivity index (χ2n) is 14.7. The first-order chi connectivity index (χ1) is 26.3. The average molecular weight is 780 g/mol. The van der Waals surface area contributed by atoms with Crippen LogP contribution in [0, 0.1) is 5.92 Å². The van der Waals surface area contributed by atoms with Crippen LogP contribution in [0.4, 0.5) is 5.69 Å². The lowest BCUT2D eigenvalue weighted by atomic mass is 9.72. The van der Waals surface area contributed by atoms with E-state index >= 15 is 0 Å². The van der Waals surface area contributed by atoms with Crippen LogP contribution in [0.2, 0.25) is 0 Å². The number of rotatable bonds is 3. The van der Waals surface area contributed by atoms with Crippen LogP contribution in [-0.4, -0.2) is 39.0 Å². The molecule has 4 aliphatic rings. The zero-order valence-electron chi connectivity index (χ0n) is 29.0. The maximum absolute atomic E-state index is 14.3. The minimum absolute atomic E-state index is 0.147. The highest BCUT2D eigenvalue weighted by Crippen LogP contribution is 2.61. The van der Waals surface area contributed by atoms with Crippen molar-refractivity contribution in [2.75, 3.05) is 5.32 Å². The molecule has 2 unspecified atom stereocenters. The number of carbonyl (C=O) groups excluding carboxylic acids is 2. The summed E-state index contributed by atoms with van der Waals surface area (Å²) >= 11 is 3.44. The van der Waals surface area contributed by atoms with Gasteiger partial charge in [0.1, 0.15) is 23.2 Å². The number of hydrogen-bond donors (Lipinski definition) is 4. The summed E-state index contributed by atoms with van der Waals surface area (Å²) in [6.07, 6.45) is 3.27. The number of amides is 2. The van der Waals surface area contributed by atoms with Gasteiger partial charge in [-0.15, -0.1) is 0 Å². The lowest BCUT2D eigenvalue weighted by Crippen LogP contribution is -2.49. The number of aromatic amines is 1. The van der Waals surface area contributed by atoms with Crippen molar-refractivity contribution >= 4 is 44.3 Å². The monoisotopic (exact) mass is 778 g/mol. The molecule has 0 fully saturated rings. The molecule has 11 nitrogen and oxygen atoms in total. The first kappa shape index (κ1) is 31.4. The van der Waals surface area contributed by atoms with E-state index in [1.54, 1.807) is 30.5 Å². The Morgan fingerprint density at radius 2 is 1.80 bits per heavy atom. The van der Waals surface area contributed by atoms with Crippen molar-refractivity contribution < 1.29 is 23.2 Å². The van der Waals surface area contributed by atoms with Crippen molar-refractivity contribution in [1.29, 1.82) is 0 Å². The van der Waals surface area contributed by atoms with Crippen molar-refractivity contribution in [1.82, 2.24) is 25.6 Å². The van der Waals surface area contributed by atoms with Gasteiger partial charge in [-0.2, -0.15) is 0 Å². The second-order valence-corrected chi connectivity index (χ2v) is 15.6. The standard InChI is InChI=1S/C42H31BrN6O5/c1-19(2)33-40-48-35-36(54-40)42-26-7-3-6-24(23-5-4-8-28-32(23)25(17-44-28)31-18-45-39(35)52-31)34(26)49-41(42)53-30-14-9-20(15-27(30)42)16-29(38(51)47-33)46-37(50)21-10-12-22(43)13-11-21/h3-15,17-19,29,33,41,44,49H,16H2,1-2H3,(H,46,50)(H,47,51)/t29-,33-,41?,42?/m0/s1. The van der Waals surface area contributed by atoms with Gasteiger partial charge in [-0.25, -0.2) is 9.97 Å². The minimum Gasteiger partial charge on any atom is -0.469 e. The van der Waals surface area contributed by atoms with Crippen LogP contribution in [0.25, 0.3) is 44.9 Å². The smallest absolute Gasteiger partial charge is 0.251 e. The van der Waals surface area contributed by atoms with Gasteiger partial charge in [-0.1, -0.05) is 72.2 Å². The summed E-state index contributed by atoms with van der Waals surface area (Å²) in [5.74, 6) is 1.47. The number of nitrogens with one attached hydrogen (secondary N) is 4. The van der Waals surface area contributed by atoms with Crippen LogP contribution in [-0.2, 0) is 16.6 Å². The largest absolute Gasteiger partial charge is 0.469 e. The number of fused-ring (bicyclic) bond motifs is 7. The summed E-state index contributed by atoms with van der Waals surface area (Å²) in [7, 11) is 0. The van der Waals surface area contributed by atoms with Crippen molar-refractivity contribution in [2.45, 2.75) is 44.0 Å². The topological polar surface area (TPSA) is 147 Å². The SMILES string of the molecule is CC(C)[C@@H]1NC(=O)[C@@H](NC(=O)c2ccc(Br)cc2)Cc2ccc3c(c2)C24c5cccc(c5NC2O3)-c2cccc3[nH]cc(c23)-c2cnc(o2)-c2nc1oc24. The number of aromatic nitrogens is 3. The molecular weight excluding hydrogens is 748 g/mol. The van der Waals surface area contributed by atoms with Crippen LogP contribution in [0.3, 0.4) is 0 Å². The fourth-order valence-corrected chi connectivity index (χ4v) is 8.96. The molecule has 2 amide bonds. The molecule has 4 aliphatic heterocycles. The Morgan fingerprint density at radius 1 is 0.963 bits per heavy atom. The Kier molecular flexibility index (Phi) is 6.50. The molecule has 11 rings (SSSR count). The first-order valence-electron chi connectivity index (χ1n) is 17.9. The molecule has 0 aliphatic carbocycles. The van der Waals surface area contributed by atoms with Crippen molar-refractivity contribution in [3.05, 3.63) is 130 Å². The number of anilines is 1. The predicted octanol–water partition coefficient (Wildman–Crippen LogP) is 7.87. The Labute approximate surface area is 316 Å². The molecule has 4 atom stereocenters. The molecule has 266 valence electrons. The number of ether oxygens (including phenoxy) is 1. The van der Waals surface area contributed by atoms with Crippen molar-refractivity contribution in [2.24, 2.45) is 5.92 Å². The van der Waals surface area contributed by atoms with Gasteiger partial charge in [0.25, 0.3) is 5.91 Å². The lowest BCUT2D eigenvalue weighted by Gasteiger charge is -2.28. The van der Waals surface area contributed by atoms with Gasteiger partial charge in [0.15, 0.2) is 23.4 Å². The van der Waals surface area contributed by atoms with Crippen LogP contribution in [0.5, 0.6) is 5.75 Å². The van der Waals surface area contributed by atoms with E-state index in [9.17, 15) is 9.59 Å². The quantitative estimate of drug-likeness (QED) is 0.142. The molecule has 0 radical (unpaired) electrons. The Bertz CT molecular complexity index is 2730. The van der Waals surface area contributed by atoms with E-state index in [1.807, 2.05) is 38.2 Å². The first-order valence-corrected chi connectivity index (χ1v) is 18.7. The van der Waals surface area contributed by atoms with Crippen LogP contribution >= 0.6 is 15.9 Å². The van der Waals surface area contributed by atoms with E-state index in [1.165, 1.54) is 0 Å². The molecule has 4 aromatic carbocycles. The van der Waals surface area contributed by atoms with Gasteiger partial charge in [0.05, 0.1) is 6.20 Å². The molecule has 0 saturated heterocycles. The summed E-state index contributed by atoms with van der Waals surface area (Å²) in [6, 6.07) is 23.9. The number of benzene rings is 4. The molecule has 4 N–H and O–H groups in total. The molecular formula is C42H31BrN6O5. The molecule has 7 aromatic rings. The molecule has 3 aromatic heterocycles. The molecule has 7 heterocycles. The van der Waals surface area contributed by atoms with Gasteiger partial charge in [-0.3, -0.25) is 9.59 Å². The van der Waals surface area contributed by atoms with E-state index < -0.39 is 23.7 Å². The Morgan fingerprint density at radius 3 is 2.65 bits per heavy atom. The van der Waals surface area contributed by atoms with Crippen LogP contribution in [0.15, 0.2) is 105 Å². The van der Waals surface area contributed by atoms with Crippen molar-refractivity contribution in [3.63, 3.8) is 0 Å². The van der Waals surface area contributed by atoms with Crippen LogP contribution < -0.4 is 20.7 Å². The highest BCUT2D eigenvalue weighted by atomic mass is 79.9. The van der Waals surface area contributed by atoms with Gasteiger partial charge in [0, 0.05) is 61.5 Å². The summed E-state index contributed by atoms with van der Waals surface area (Å²) < 4.78 is 21.4. The highest BCUT2D eigenvalue weighted by molar-refractivity contribution is 9.10. The maximum atomic E-state index is 14.3. The molecule has 54 heavy (non-hydrogen) atoms. The normalized spacial score (nSPS) is 21.4. The number of nitrogens with zero attached hydrogens (tertiary/aromatic N) is 2. The van der Waals surface area contributed by atoms with E-state index in [-0.39, 0.29) is 30.0 Å². The molecule has 1 spiro atoms. The second kappa shape index (κ2) is 11.2. The van der Waals surface area contributed by atoms with Crippen molar-refractivity contribution in [3.8, 4) is 39.8 Å². The third kappa shape index (κ3) is 4.28. The van der Waals surface area contributed by atoms with Gasteiger partial charge in [0.2, 0.25) is 17.7 Å². The fraction of sp³-hybridized carbons (Fsp3) is 0.190. The van der Waals surface area contributed by atoms with Crippen LogP contribution in [0.1, 0.15) is 58.6 Å². The van der Waals surface area contributed by atoms with Gasteiger partial charge in [-0.05, 0) is 53.4 Å². The number of carbonyl (C=O) groups is 2. The Balaban J connectivity index is 1.18. The zero-order valence-corrected chi connectivity index (χ0v) is 30.6. The number of H-pyrrole nitrogens is 1. The molecule has 0 saturated carbocycles. The summed E-state index contributed by atoms with van der Waals surface area (Å²) in [5.41, 5.74) is 7.24. The van der Waals surface area contributed by atoms with Gasteiger partial charge < -0.3 is 34.5 Å². The molecule has 10 bridgehead atoms. The van der Waals surface area contributed by atoms with E-state index in [0.717, 1.165) is 54.4 Å². The van der Waals surface area contributed by atoms with E-state index in [4.69, 9.17) is 23.5 Å². The number of para-hydroxylation sites is 1. The van der Waals surface area contributed by atoms with E-state index in [2.05, 4.69) is 73.3 Å². The lowest BCUT2D eigenvalue weighted by molar-refractivity contribution is -0.124. The third-order valence-corrected chi connectivity index (χ3v) is 11.8. The predicted molar refractivity (Wildman–Crippen MR) is 204 cm³/mol. The maximum Gasteiger partial charge on any atom is 0.251 e. The summed E-state index contributed by atoms with van der Waals surface area (Å²) in [5, 5.41) is 11.0. The highest BCUT2D eigenvalue weighted by Gasteiger charge is 2.61. The number of hydrogen-bond acceptors (Lipinski definition) is 8. The number of oxazole rings is 2. The Hall–Kier alpha value is -6.14. The van der Waals surface area contributed by atoms with Gasteiger partial charge >= 0.3 is 0 Å². The minimum atomic E-state index is -1.04. The third-order valence-electron chi connectivity index (χ3n) is 11.2. The number of halogens is 1. The fourth-order valence-electron chi connectivity index (χ4n) is 8.70. The van der Waals surface area contributed by atoms with E-state index in [0.29, 0.717) is 34.4 Å².